The van der Waals surface area contributed by atoms with Crippen LogP contribution in [0.15, 0.2) is 23.9 Å². The van der Waals surface area contributed by atoms with Gasteiger partial charge >= 0.3 is 0 Å². The molecule has 10 heavy (non-hydrogen) atoms. The lowest BCUT2D eigenvalue weighted by Crippen LogP contribution is -2.33. The Bertz CT molecular complexity index is 184. The van der Waals surface area contributed by atoms with Gasteiger partial charge in [0.2, 0.25) is 0 Å². The Balaban J connectivity index is 2.69. The van der Waals surface area contributed by atoms with E-state index < -0.39 is 0 Å². The first-order chi connectivity index (χ1) is 4.88. The molecule has 1 heterocycles. The molecule has 0 amide bonds. The molecule has 1 unspecified atom stereocenters. The van der Waals surface area contributed by atoms with Gasteiger partial charge in [-0.2, -0.15) is 0 Å². The number of nitrogens with two attached hydrogens (primary N) is 1. The van der Waals surface area contributed by atoms with Crippen LogP contribution in [-0.2, 0) is 4.79 Å². The van der Waals surface area contributed by atoms with Crippen LogP contribution in [-0.4, -0.2) is 18.9 Å². The molecule has 1 aliphatic heterocycles. The van der Waals surface area contributed by atoms with Gasteiger partial charge in [0.25, 0.3) is 0 Å². The Morgan fingerprint density at radius 2 is 2.60 bits per heavy atom. The number of hydrogen-bond acceptors (Lipinski definition) is 3. The number of hydrogen-bond donors (Lipinski definition) is 2. The van der Waals surface area contributed by atoms with Gasteiger partial charge in [0.05, 0.1) is 0 Å². The van der Waals surface area contributed by atoms with Gasteiger partial charge < -0.3 is 15.8 Å². The van der Waals surface area contributed by atoms with Crippen LogP contribution in [0.4, 0.5) is 0 Å². The number of dihydropyridines is 1. The van der Waals surface area contributed by atoms with Crippen molar-refractivity contribution >= 4 is 6.29 Å². The molecule has 0 aromatic carbocycles. The molecule has 0 spiro atoms. The van der Waals surface area contributed by atoms with Crippen molar-refractivity contribution in [1.29, 1.82) is 0 Å². The molecule has 3 nitrogen and oxygen atoms in total. The number of allylic oxidation sites excluding steroid dienone is 2. The van der Waals surface area contributed by atoms with Crippen LogP contribution in [0.25, 0.3) is 0 Å². The van der Waals surface area contributed by atoms with Crippen molar-refractivity contribution < 1.29 is 4.79 Å². The summed E-state index contributed by atoms with van der Waals surface area (Å²) >= 11 is 0. The van der Waals surface area contributed by atoms with Gasteiger partial charge in [0, 0.05) is 6.54 Å². The van der Waals surface area contributed by atoms with Crippen molar-refractivity contribution in [3.8, 4) is 0 Å². The molecule has 0 aliphatic carbocycles. The fraction of sp³-hybridized carbons (Fsp3) is 0.286. The van der Waals surface area contributed by atoms with Crippen LogP contribution in [0.5, 0.6) is 0 Å². The third-order valence-electron chi connectivity index (χ3n) is 1.45. The van der Waals surface area contributed by atoms with Gasteiger partial charge in [-0.3, -0.25) is 0 Å². The van der Waals surface area contributed by atoms with E-state index in [0.29, 0.717) is 6.54 Å². The van der Waals surface area contributed by atoms with E-state index in [-0.39, 0.29) is 6.04 Å². The number of rotatable bonds is 2. The monoisotopic (exact) mass is 138 g/mol. The average molecular weight is 138 g/mol. The van der Waals surface area contributed by atoms with Gasteiger partial charge in [0.1, 0.15) is 12.3 Å². The molecule has 0 aromatic rings. The summed E-state index contributed by atoms with van der Waals surface area (Å²) in [6.07, 6.45) is 6.28. The summed E-state index contributed by atoms with van der Waals surface area (Å²) in [5, 5.41) is 2.87. The zero-order valence-corrected chi connectivity index (χ0v) is 5.58. The standard InChI is InChI=1S/C7H10N2O/c8-4-6-2-1-3-9-7(6)5-10/h1-3,5,7,9H,4,8H2. The highest BCUT2D eigenvalue weighted by molar-refractivity contribution is 5.64. The molecular formula is C7H10N2O. The van der Waals surface area contributed by atoms with E-state index in [9.17, 15) is 4.79 Å². The third kappa shape index (κ3) is 1.25. The molecule has 1 rings (SSSR count). The third-order valence-corrected chi connectivity index (χ3v) is 1.45. The van der Waals surface area contributed by atoms with Gasteiger partial charge in [-0.05, 0) is 17.8 Å². The Kier molecular flexibility index (Phi) is 2.23. The molecule has 0 radical (unpaired) electrons. The van der Waals surface area contributed by atoms with Gasteiger partial charge in [-0.1, -0.05) is 6.08 Å². The summed E-state index contributed by atoms with van der Waals surface area (Å²) in [5.41, 5.74) is 6.30. The van der Waals surface area contributed by atoms with Crippen LogP contribution < -0.4 is 11.1 Å². The lowest BCUT2D eigenvalue weighted by molar-refractivity contribution is -0.108. The summed E-state index contributed by atoms with van der Waals surface area (Å²) < 4.78 is 0. The Hall–Kier alpha value is -1.09. The fourth-order valence-electron chi connectivity index (χ4n) is 0.863. The largest absolute Gasteiger partial charge is 0.378 e. The zero-order valence-electron chi connectivity index (χ0n) is 5.58. The van der Waals surface area contributed by atoms with Crippen molar-refractivity contribution in [2.24, 2.45) is 5.73 Å². The highest BCUT2D eigenvalue weighted by Crippen LogP contribution is 2.02. The SMILES string of the molecule is NCC1=CC=CNC1C=O. The quantitative estimate of drug-likeness (QED) is 0.508. The summed E-state index contributed by atoms with van der Waals surface area (Å²) in [4.78, 5) is 10.3. The first-order valence-electron chi connectivity index (χ1n) is 3.15. The van der Waals surface area contributed by atoms with E-state index in [1.54, 1.807) is 6.20 Å². The maximum Gasteiger partial charge on any atom is 0.146 e. The molecule has 0 bridgehead atoms. The molecule has 54 valence electrons. The molecule has 1 atom stereocenters. The molecule has 0 fully saturated rings. The minimum atomic E-state index is -0.213. The van der Waals surface area contributed by atoms with Crippen molar-refractivity contribution in [2.45, 2.75) is 6.04 Å². The second-order valence-corrected chi connectivity index (χ2v) is 2.09. The van der Waals surface area contributed by atoms with E-state index in [1.807, 2.05) is 12.2 Å². The van der Waals surface area contributed by atoms with Crippen LogP contribution in [0.3, 0.4) is 0 Å². The fourth-order valence-corrected chi connectivity index (χ4v) is 0.863. The first-order valence-corrected chi connectivity index (χ1v) is 3.15. The van der Waals surface area contributed by atoms with Gasteiger partial charge in [0.15, 0.2) is 0 Å². The zero-order chi connectivity index (χ0) is 7.40. The molecule has 1 aliphatic rings. The smallest absolute Gasteiger partial charge is 0.146 e. The second kappa shape index (κ2) is 3.17. The lowest BCUT2D eigenvalue weighted by atomic mass is 10.1. The van der Waals surface area contributed by atoms with E-state index >= 15 is 0 Å². The average Bonchev–Trinajstić information content (AvgIpc) is 2.04. The molecule has 0 saturated carbocycles. The molecule has 0 saturated heterocycles. The minimum Gasteiger partial charge on any atom is -0.378 e. The number of aldehydes is 1. The molecule has 3 heteroatoms. The van der Waals surface area contributed by atoms with Crippen LogP contribution >= 0.6 is 0 Å². The van der Waals surface area contributed by atoms with Crippen LogP contribution in [0.1, 0.15) is 0 Å². The summed E-state index contributed by atoms with van der Waals surface area (Å²) in [5.74, 6) is 0. The van der Waals surface area contributed by atoms with E-state index in [2.05, 4.69) is 5.32 Å². The van der Waals surface area contributed by atoms with E-state index in [0.717, 1.165) is 11.9 Å². The Morgan fingerprint density at radius 1 is 1.80 bits per heavy atom. The maximum absolute atomic E-state index is 10.3. The predicted molar refractivity (Wildman–Crippen MR) is 39.3 cm³/mol. The van der Waals surface area contributed by atoms with Gasteiger partial charge in [-0.25, -0.2) is 0 Å². The van der Waals surface area contributed by atoms with E-state index in [4.69, 9.17) is 5.73 Å². The highest BCUT2D eigenvalue weighted by Gasteiger charge is 2.10. The normalized spacial score (nSPS) is 23.3. The van der Waals surface area contributed by atoms with Crippen molar-refractivity contribution in [3.63, 3.8) is 0 Å². The molecule has 3 N–H and O–H groups in total. The van der Waals surface area contributed by atoms with Crippen molar-refractivity contribution in [1.82, 2.24) is 5.32 Å². The molecular weight excluding hydrogens is 128 g/mol. The van der Waals surface area contributed by atoms with Crippen molar-refractivity contribution in [2.75, 3.05) is 6.54 Å². The van der Waals surface area contributed by atoms with Crippen LogP contribution in [0, 0.1) is 0 Å². The molecule has 0 aromatic heterocycles. The maximum atomic E-state index is 10.3. The number of nitrogens with one attached hydrogen (secondary N) is 1. The van der Waals surface area contributed by atoms with Crippen LogP contribution in [0.2, 0.25) is 0 Å². The minimum absolute atomic E-state index is 0.213. The summed E-state index contributed by atoms with van der Waals surface area (Å²) in [6, 6.07) is -0.213. The number of carbonyl (C=O) groups is 1. The second-order valence-electron chi connectivity index (χ2n) is 2.09. The van der Waals surface area contributed by atoms with Crippen molar-refractivity contribution in [3.05, 3.63) is 23.9 Å². The number of carbonyl (C=O) groups excluding carboxylic acids is 1. The Labute approximate surface area is 59.6 Å². The topological polar surface area (TPSA) is 55.1 Å². The van der Waals surface area contributed by atoms with Gasteiger partial charge in [-0.15, -0.1) is 0 Å². The van der Waals surface area contributed by atoms with E-state index in [1.165, 1.54) is 0 Å². The highest BCUT2D eigenvalue weighted by atomic mass is 16.1. The Morgan fingerprint density at radius 3 is 3.10 bits per heavy atom. The predicted octanol–water partition coefficient (Wildman–Crippen LogP) is -0.444. The summed E-state index contributed by atoms with van der Waals surface area (Å²) in [6.45, 7) is 0.431. The summed E-state index contributed by atoms with van der Waals surface area (Å²) in [7, 11) is 0. The lowest BCUT2D eigenvalue weighted by Gasteiger charge is -2.15. The first kappa shape index (κ1) is 7.02.